The van der Waals surface area contributed by atoms with Crippen LogP contribution in [0.25, 0.3) is 0 Å². The summed E-state index contributed by atoms with van der Waals surface area (Å²) in [6, 6.07) is 0. The molecule has 4 heteroatoms. The summed E-state index contributed by atoms with van der Waals surface area (Å²) in [7, 11) is 0. The van der Waals surface area contributed by atoms with Gasteiger partial charge >= 0.3 is 6.36 Å². The Morgan fingerprint density at radius 1 is 1.25 bits per heavy atom. The molecule has 1 rings (SSSR count). The minimum absolute atomic E-state index is 0.400. The van der Waals surface area contributed by atoms with Crippen molar-refractivity contribution in [2.75, 3.05) is 0 Å². The summed E-state index contributed by atoms with van der Waals surface area (Å²) in [5, 5.41) is 0. The molecule has 1 fully saturated rings. The molecule has 96 valence electrons. The lowest BCUT2D eigenvalue weighted by Gasteiger charge is -2.26. The number of hydrogen-bond acceptors (Lipinski definition) is 1. The van der Waals surface area contributed by atoms with Crippen LogP contribution in [0.5, 0.6) is 0 Å². The van der Waals surface area contributed by atoms with Gasteiger partial charge in [-0.2, -0.15) is 0 Å². The molecule has 1 aliphatic rings. The SMILES string of the molecule is CCC(C(C)C)C1CCC(OC(F)(F)F)C1. The van der Waals surface area contributed by atoms with Crippen LogP contribution in [0.1, 0.15) is 46.5 Å². The third kappa shape index (κ3) is 3.96. The van der Waals surface area contributed by atoms with Crippen LogP contribution in [-0.4, -0.2) is 12.5 Å². The maximum absolute atomic E-state index is 12.1. The number of rotatable bonds is 4. The first kappa shape index (κ1) is 13.8. The molecule has 1 nitrogen and oxygen atoms in total. The predicted molar refractivity (Wildman–Crippen MR) is 56.9 cm³/mol. The monoisotopic (exact) mass is 238 g/mol. The molecule has 1 saturated carbocycles. The first-order chi connectivity index (χ1) is 7.33. The Labute approximate surface area is 95.4 Å². The molecule has 0 radical (unpaired) electrons. The minimum Gasteiger partial charge on any atom is -0.289 e. The average Bonchev–Trinajstić information content (AvgIpc) is 2.50. The van der Waals surface area contributed by atoms with Crippen molar-refractivity contribution in [1.82, 2.24) is 0 Å². The van der Waals surface area contributed by atoms with Crippen molar-refractivity contribution in [3.8, 4) is 0 Å². The lowest BCUT2D eigenvalue weighted by Crippen LogP contribution is -2.23. The van der Waals surface area contributed by atoms with Crippen LogP contribution in [0.2, 0.25) is 0 Å². The van der Waals surface area contributed by atoms with Gasteiger partial charge in [-0.1, -0.05) is 27.2 Å². The fraction of sp³-hybridized carbons (Fsp3) is 1.00. The molecule has 0 aromatic carbocycles. The van der Waals surface area contributed by atoms with Gasteiger partial charge in [0.25, 0.3) is 0 Å². The van der Waals surface area contributed by atoms with Gasteiger partial charge in [0.15, 0.2) is 0 Å². The zero-order chi connectivity index (χ0) is 12.3. The van der Waals surface area contributed by atoms with Gasteiger partial charge in [-0.25, -0.2) is 0 Å². The van der Waals surface area contributed by atoms with E-state index in [1.54, 1.807) is 0 Å². The summed E-state index contributed by atoms with van der Waals surface area (Å²) < 4.78 is 40.3. The molecule has 16 heavy (non-hydrogen) atoms. The lowest BCUT2D eigenvalue weighted by atomic mass is 9.80. The summed E-state index contributed by atoms with van der Waals surface area (Å²) in [6.07, 6.45) is -2.06. The Morgan fingerprint density at radius 3 is 2.31 bits per heavy atom. The van der Waals surface area contributed by atoms with Crippen molar-refractivity contribution in [3.05, 3.63) is 0 Å². The molecule has 0 bridgehead atoms. The second-order valence-corrected chi connectivity index (χ2v) is 5.07. The molecular formula is C12H21F3O. The van der Waals surface area contributed by atoms with Crippen LogP contribution >= 0.6 is 0 Å². The van der Waals surface area contributed by atoms with E-state index in [0.717, 1.165) is 12.8 Å². The van der Waals surface area contributed by atoms with E-state index in [4.69, 9.17) is 0 Å². The third-order valence-corrected chi connectivity index (χ3v) is 3.66. The van der Waals surface area contributed by atoms with Gasteiger partial charge < -0.3 is 0 Å². The van der Waals surface area contributed by atoms with Gasteiger partial charge in [-0.3, -0.25) is 4.74 Å². The highest BCUT2D eigenvalue weighted by atomic mass is 19.4. The van der Waals surface area contributed by atoms with Crippen molar-refractivity contribution >= 4 is 0 Å². The standard InChI is InChI=1S/C12H21F3O/c1-4-11(8(2)3)9-5-6-10(7-9)16-12(13,14)15/h8-11H,4-7H2,1-3H3. The molecule has 0 heterocycles. The minimum atomic E-state index is -4.47. The fourth-order valence-corrected chi connectivity index (χ4v) is 3.01. The van der Waals surface area contributed by atoms with E-state index in [9.17, 15) is 13.2 Å². The number of alkyl halides is 3. The Hall–Kier alpha value is -0.250. The maximum atomic E-state index is 12.1. The van der Waals surface area contributed by atoms with E-state index in [1.165, 1.54) is 0 Å². The second kappa shape index (κ2) is 5.39. The smallest absolute Gasteiger partial charge is 0.289 e. The third-order valence-electron chi connectivity index (χ3n) is 3.66. The largest absolute Gasteiger partial charge is 0.522 e. The number of ether oxygens (including phenoxy) is 1. The predicted octanol–water partition coefficient (Wildman–Crippen LogP) is 4.37. The van der Waals surface area contributed by atoms with Crippen molar-refractivity contribution in [2.24, 2.45) is 17.8 Å². The van der Waals surface area contributed by atoms with Gasteiger partial charge in [-0.15, -0.1) is 13.2 Å². The molecule has 3 atom stereocenters. The van der Waals surface area contributed by atoms with Crippen molar-refractivity contribution in [3.63, 3.8) is 0 Å². The molecule has 0 aromatic rings. The number of halogens is 3. The molecule has 0 spiro atoms. The quantitative estimate of drug-likeness (QED) is 0.706. The van der Waals surface area contributed by atoms with E-state index in [-0.39, 0.29) is 0 Å². The van der Waals surface area contributed by atoms with Gasteiger partial charge in [0.05, 0.1) is 6.10 Å². The highest BCUT2D eigenvalue weighted by molar-refractivity contribution is 4.82. The van der Waals surface area contributed by atoms with E-state index in [1.807, 2.05) is 0 Å². The zero-order valence-electron chi connectivity index (χ0n) is 10.2. The van der Waals surface area contributed by atoms with Crippen LogP contribution in [0.4, 0.5) is 13.2 Å². The summed E-state index contributed by atoms with van der Waals surface area (Å²) in [6.45, 7) is 6.40. The highest BCUT2D eigenvalue weighted by Gasteiger charge is 2.39. The summed E-state index contributed by atoms with van der Waals surface area (Å²) in [4.78, 5) is 0. The molecule has 0 saturated heterocycles. The Morgan fingerprint density at radius 2 is 1.88 bits per heavy atom. The van der Waals surface area contributed by atoms with Crippen molar-refractivity contribution in [1.29, 1.82) is 0 Å². The van der Waals surface area contributed by atoms with Crippen molar-refractivity contribution < 1.29 is 17.9 Å². The zero-order valence-corrected chi connectivity index (χ0v) is 10.2. The molecular weight excluding hydrogens is 217 g/mol. The molecule has 0 aliphatic heterocycles. The van der Waals surface area contributed by atoms with Crippen LogP contribution in [0.15, 0.2) is 0 Å². The highest BCUT2D eigenvalue weighted by Crippen LogP contribution is 2.40. The van der Waals surface area contributed by atoms with E-state index in [2.05, 4.69) is 25.5 Å². The van der Waals surface area contributed by atoms with Gasteiger partial charge in [0.1, 0.15) is 0 Å². The second-order valence-electron chi connectivity index (χ2n) is 5.07. The van der Waals surface area contributed by atoms with Gasteiger partial charge in [-0.05, 0) is 37.0 Å². The molecule has 0 aromatic heterocycles. The Balaban J connectivity index is 2.45. The normalized spacial score (nSPS) is 28.7. The van der Waals surface area contributed by atoms with E-state index < -0.39 is 12.5 Å². The van der Waals surface area contributed by atoms with E-state index >= 15 is 0 Å². The van der Waals surface area contributed by atoms with E-state index in [0.29, 0.717) is 30.6 Å². The Bertz CT molecular complexity index is 213. The van der Waals surface area contributed by atoms with Crippen LogP contribution in [0.3, 0.4) is 0 Å². The summed E-state index contributed by atoms with van der Waals surface area (Å²) >= 11 is 0. The molecule has 0 N–H and O–H groups in total. The summed E-state index contributed by atoms with van der Waals surface area (Å²) in [5.41, 5.74) is 0. The average molecular weight is 238 g/mol. The van der Waals surface area contributed by atoms with Crippen LogP contribution in [-0.2, 0) is 4.74 Å². The van der Waals surface area contributed by atoms with Crippen LogP contribution in [0, 0.1) is 17.8 Å². The van der Waals surface area contributed by atoms with Gasteiger partial charge in [0.2, 0.25) is 0 Å². The lowest BCUT2D eigenvalue weighted by molar-refractivity contribution is -0.342. The summed E-state index contributed by atoms with van der Waals surface area (Å²) in [5.74, 6) is 1.47. The topological polar surface area (TPSA) is 9.23 Å². The Kier molecular flexibility index (Phi) is 4.65. The first-order valence-electron chi connectivity index (χ1n) is 6.08. The molecule has 3 unspecified atom stereocenters. The fourth-order valence-electron chi connectivity index (χ4n) is 3.01. The van der Waals surface area contributed by atoms with Crippen molar-refractivity contribution in [2.45, 2.75) is 58.9 Å². The molecule has 1 aliphatic carbocycles. The van der Waals surface area contributed by atoms with Crippen LogP contribution < -0.4 is 0 Å². The van der Waals surface area contributed by atoms with Gasteiger partial charge in [0, 0.05) is 0 Å². The number of hydrogen-bond donors (Lipinski definition) is 0. The molecule has 0 amide bonds. The maximum Gasteiger partial charge on any atom is 0.522 e. The first-order valence-corrected chi connectivity index (χ1v) is 6.08.